The second-order valence-corrected chi connectivity index (χ2v) is 21.8. The van der Waals surface area contributed by atoms with Gasteiger partial charge in [-0.05, 0) is 121 Å². The first-order valence-electron chi connectivity index (χ1n) is 22.9. The van der Waals surface area contributed by atoms with E-state index in [1.54, 1.807) is 0 Å². The third kappa shape index (κ3) is 19.1. The van der Waals surface area contributed by atoms with E-state index in [2.05, 4.69) is 162 Å². The number of benzene rings is 4. The van der Waals surface area contributed by atoms with E-state index in [1.165, 1.54) is 55.0 Å². The molecule has 1 atom stereocenters. The maximum Gasteiger partial charge on any atom is 2.00 e. The second kappa shape index (κ2) is 30.0. The fourth-order valence-corrected chi connectivity index (χ4v) is 13.7. The van der Waals surface area contributed by atoms with Gasteiger partial charge in [0.05, 0.1) is 58.9 Å². The molecule has 4 aromatic rings. The predicted molar refractivity (Wildman–Crippen MR) is 275 cm³/mol. The smallest absolute Gasteiger partial charge is 0.481 e. The molecule has 10 radical (unpaired) electrons. The van der Waals surface area contributed by atoms with E-state index in [-0.39, 0.29) is 82.5 Å². The van der Waals surface area contributed by atoms with E-state index in [1.807, 2.05) is 25.7 Å². The Labute approximate surface area is 428 Å². The molecule has 370 valence electrons. The molecule has 2 aliphatic carbocycles. The summed E-state index contributed by atoms with van der Waals surface area (Å²) >= 11 is 0. The number of carbonyl (C=O) groups excluding carboxylic acids is 1. The zero-order valence-corrected chi connectivity index (χ0v) is 43.3. The summed E-state index contributed by atoms with van der Waals surface area (Å²) in [5.74, 6) is -0.827. The molecular weight excluding hydrogens is 966 g/mol. The van der Waals surface area contributed by atoms with Crippen molar-refractivity contribution in [2.24, 2.45) is 0 Å². The van der Waals surface area contributed by atoms with Gasteiger partial charge in [0.1, 0.15) is 5.54 Å². The van der Waals surface area contributed by atoms with Gasteiger partial charge in [0.2, 0.25) is 0 Å². The number of urea groups is 1. The van der Waals surface area contributed by atoms with Crippen LogP contribution in [0.25, 0.3) is 0 Å². The van der Waals surface area contributed by atoms with Crippen LogP contribution in [-0.2, 0) is 45.7 Å². The van der Waals surface area contributed by atoms with Crippen molar-refractivity contribution in [3.63, 3.8) is 0 Å². The molecule has 0 saturated heterocycles. The van der Waals surface area contributed by atoms with Crippen molar-refractivity contribution in [2.75, 3.05) is 46.2 Å². The molecule has 4 aromatic carbocycles. The van der Waals surface area contributed by atoms with Crippen molar-refractivity contribution in [3.8, 4) is 0 Å². The molecule has 2 amide bonds. The molecule has 0 aromatic heterocycles. The minimum atomic E-state index is -1.31. The Morgan fingerprint density at radius 3 is 1.39 bits per heavy atom. The molecule has 0 bridgehead atoms. The zero-order chi connectivity index (χ0) is 49.8. The molecule has 2 aliphatic rings. The Hall–Kier alpha value is -4.18. The van der Waals surface area contributed by atoms with E-state index in [9.17, 15) is 19.2 Å². The van der Waals surface area contributed by atoms with E-state index in [0.29, 0.717) is 5.66 Å². The van der Waals surface area contributed by atoms with E-state index in [4.69, 9.17) is 29.5 Å². The third-order valence-electron chi connectivity index (χ3n) is 11.0. The number of aryl methyl sites for hydroxylation is 4. The molecule has 2 saturated carbocycles. The van der Waals surface area contributed by atoms with Gasteiger partial charge in [-0.3, -0.25) is 14.4 Å². The third-order valence-corrected chi connectivity index (χ3v) is 16.2. The van der Waals surface area contributed by atoms with Crippen LogP contribution in [0.15, 0.2) is 97.1 Å². The maximum atomic E-state index is 12.5. The number of hydrogen-bond acceptors (Lipinski definition) is 7. The minimum Gasteiger partial charge on any atom is -0.481 e. The average Bonchev–Trinajstić information content (AvgIpc) is 4.01. The van der Waals surface area contributed by atoms with Crippen LogP contribution in [0.2, 0.25) is 0 Å². The molecule has 15 heteroatoms. The van der Waals surface area contributed by atoms with E-state index >= 15 is 0 Å². The number of rotatable bonds is 25. The van der Waals surface area contributed by atoms with Crippen LogP contribution >= 0.6 is 15.8 Å². The number of aliphatic carboxylic acids is 3. The van der Waals surface area contributed by atoms with Crippen molar-refractivity contribution in [1.29, 1.82) is 0 Å². The molecular formula is C55H64FeN2O10P2+2. The summed E-state index contributed by atoms with van der Waals surface area (Å²) in [5, 5.41) is 37.5. The molecule has 0 aliphatic heterocycles. The number of carbonyl (C=O) groups is 4. The van der Waals surface area contributed by atoms with Gasteiger partial charge >= 0.3 is 41.0 Å². The maximum absolute atomic E-state index is 12.5. The van der Waals surface area contributed by atoms with Gasteiger partial charge < -0.3 is 40.2 Å². The second-order valence-electron chi connectivity index (χ2n) is 17.1. The molecule has 2 fully saturated rings. The fourth-order valence-electron chi connectivity index (χ4n) is 7.99. The Morgan fingerprint density at radius 2 is 0.986 bits per heavy atom. The molecule has 0 heterocycles. The molecule has 12 nitrogen and oxygen atoms in total. The quantitative estimate of drug-likeness (QED) is 0.0253. The Kier molecular flexibility index (Phi) is 25.0. The number of amides is 2. The average molecular weight is 1030 g/mol. The summed E-state index contributed by atoms with van der Waals surface area (Å²) in [7, 11) is -1.24. The molecule has 5 N–H and O–H groups in total. The molecule has 6 rings (SSSR count). The van der Waals surface area contributed by atoms with Gasteiger partial charge in [-0.1, -0.05) is 126 Å². The Balaban J connectivity index is 0.000000304. The molecule has 70 heavy (non-hydrogen) atoms. The van der Waals surface area contributed by atoms with Gasteiger partial charge in [-0.15, -0.1) is 0 Å². The Morgan fingerprint density at radius 1 is 0.571 bits per heavy atom. The van der Waals surface area contributed by atoms with E-state index in [0.717, 1.165) is 5.92 Å². The van der Waals surface area contributed by atoms with Crippen molar-refractivity contribution in [2.45, 2.75) is 65.1 Å². The van der Waals surface area contributed by atoms with Crippen LogP contribution in [0.1, 0.15) is 48.4 Å². The van der Waals surface area contributed by atoms with Gasteiger partial charge in [0, 0.05) is 18.1 Å². The largest absolute Gasteiger partial charge is 2.00 e. The minimum absolute atomic E-state index is 0. The summed E-state index contributed by atoms with van der Waals surface area (Å²) in [6.45, 7) is 10.6. The van der Waals surface area contributed by atoms with Crippen LogP contribution in [0, 0.1) is 90.1 Å². The van der Waals surface area contributed by atoms with Crippen molar-refractivity contribution in [1.82, 2.24) is 10.6 Å². The topological polar surface area (TPSA) is 181 Å². The monoisotopic (exact) mass is 1030 g/mol. The van der Waals surface area contributed by atoms with Crippen LogP contribution in [-0.4, -0.2) is 96.6 Å². The first-order valence-corrected chi connectivity index (χ1v) is 25.6. The van der Waals surface area contributed by atoms with Gasteiger partial charge in [-0.2, -0.15) is 0 Å². The first-order chi connectivity index (χ1) is 33.1. The summed E-state index contributed by atoms with van der Waals surface area (Å²) < 4.78 is 16.2. The fraction of sp³-hybridized carbons (Fsp3) is 0.309. The van der Waals surface area contributed by atoms with E-state index < -0.39 is 45.3 Å². The molecule has 0 unspecified atom stereocenters. The summed E-state index contributed by atoms with van der Waals surface area (Å²) in [6.07, 6.45) is 13.6. The number of ether oxygens (including phenoxy) is 3. The van der Waals surface area contributed by atoms with Crippen molar-refractivity contribution < 1.29 is 65.8 Å². The summed E-state index contributed by atoms with van der Waals surface area (Å²) in [4.78, 5) is 44.7. The van der Waals surface area contributed by atoms with Gasteiger partial charge in [-0.25, -0.2) is 4.79 Å². The number of nitrogens with one attached hydrogen (secondary N) is 2. The number of carboxylic acid groups (broad SMARTS) is 3. The summed E-state index contributed by atoms with van der Waals surface area (Å²) in [6, 6.07) is 35.9. The Bertz CT molecular complexity index is 2060. The van der Waals surface area contributed by atoms with Crippen LogP contribution in [0.3, 0.4) is 0 Å². The van der Waals surface area contributed by atoms with Crippen LogP contribution in [0.5, 0.6) is 0 Å². The first kappa shape index (κ1) is 58.4. The zero-order valence-electron chi connectivity index (χ0n) is 40.4. The van der Waals surface area contributed by atoms with Gasteiger partial charge in [0.15, 0.2) is 0 Å². The molecule has 0 spiro atoms. The normalized spacial score (nSPS) is 14.7. The number of carboxylic acids is 3. The van der Waals surface area contributed by atoms with Crippen molar-refractivity contribution in [3.05, 3.63) is 182 Å². The SMILES string of the molecule is Cc1cc(C)cc(P(c2cc(C)cc(C)c2)[C@H](C)[C]2[CH][CH][CH][C]2P(c2ccccc2)c2ccccc2)c1.O=C(O)CCOCC(COCCC(=O)O)(COCCC(=O)O)NC(=O)NC[C]1[CH][CH][CH][CH]1.[Fe+2]. The van der Waals surface area contributed by atoms with Crippen LogP contribution < -0.4 is 31.9 Å². The van der Waals surface area contributed by atoms with Crippen LogP contribution in [0.4, 0.5) is 4.79 Å². The number of hydrogen-bond donors (Lipinski definition) is 5. The van der Waals surface area contributed by atoms with Gasteiger partial charge in [0.25, 0.3) is 0 Å². The standard InChI is InChI=1S/C35H35P2.C20H29N2O10.Fe/c1-25-19-26(2)22-32(21-25)36(33-23-27(3)20-28(4)24-33)29(5)34-17-12-18-35(34)37(30-13-8-6-9-14-30)31-15-10-7-11-16-31;23-16(24)5-8-30-12-20(13-31-9-6-17(25)26,14-32-10-7-18(27)28)22-19(29)21-11-15-3-1-2-4-15;/h6-24,29H,1-5H3;1-4H,5-14H2,(H,23,24)(H,25,26)(H,27,28)(H2,21,22,29);/q;;+2/t29-;;/m1../s1. The predicted octanol–water partition coefficient (Wildman–Crippen LogP) is 7.51. The summed E-state index contributed by atoms with van der Waals surface area (Å²) in [5.41, 5.74) is 5.94. The van der Waals surface area contributed by atoms with Crippen molar-refractivity contribution >= 4 is 61.0 Å².